The zero-order valence-electron chi connectivity index (χ0n) is 11.3. The third-order valence-electron chi connectivity index (χ3n) is 3.14. The number of nitrogens with one attached hydrogen (secondary N) is 1. The van der Waals surface area contributed by atoms with Crippen molar-refractivity contribution in [2.75, 3.05) is 14.2 Å². The van der Waals surface area contributed by atoms with E-state index < -0.39 is 10.9 Å². The van der Waals surface area contributed by atoms with Crippen LogP contribution in [0.2, 0.25) is 0 Å². The molecule has 1 aromatic rings. The molecule has 1 fully saturated rings. The fraction of sp³-hybridized carbons (Fsp3) is 0.462. The van der Waals surface area contributed by atoms with Gasteiger partial charge in [0.15, 0.2) is 5.75 Å². The third-order valence-corrected chi connectivity index (χ3v) is 3.14. The first-order valence-corrected chi connectivity index (χ1v) is 6.23. The Bertz CT molecular complexity index is 540. The molecule has 0 aliphatic heterocycles. The number of benzene rings is 1. The van der Waals surface area contributed by atoms with Gasteiger partial charge in [-0.1, -0.05) is 0 Å². The minimum absolute atomic E-state index is 0.0606. The molecule has 20 heavy (non-hydrogen) atoms. The van der Waals surface area contributed by atoms with Crippen LogP contribution in [0.25, 0.3) is 0 Å². The van der Waals surface area contributed by atoms with Gasteiger partial charge in [0.05, 0.1) is 24.7 Å². The van der Waals surface area contributed by atoms with Gasteiger partial charge in [-0.15, -0.1) is 0 Å². The molecule has 7 nitrogen and oxygen atoms in total. The number of hydrogen-bond acceptors (Lipinski definition) is 6. The average Bonchev–Trinajstić information content (AvgIpc) is 3.26. The molecule has 0 amide bonds. The molecule has 1 aromatic carbocycles. The number of carbonyl (C=O) groups is 1. The highest BCUT2D eigenvalue weighted by molar-refractivity contribution is 5.91. The van der Waals surface area contributed by atoms with Gasteiger partial charge >= 0.3 is 11.7 Å². The standard InChI is InChI=1S/C13H16N2O5/c1-19-11-6-8(13(16)20-2)5-9(12(11)15(17)18)7-14-10-3-4-10/h5-6,10,14H,3-4,7H2,1-2H3. The van der Waals surface area contributed by atoms with E-state index in [-0.39, 0.29) is 17.0 Å². The second-order valence-electron chi connectivity index (χ2n) is 4.59. The molecule has 0 atom stereocenters. The average molecular weight is 280 g/mol. The summed E-state index contributed by atoms with van der Waals surface area (Å²) < 4.78 is 9.67. The first kappa shape index (κ1) is 14.3. The Hall–Kier alpha value is -2.15. The molecule has 7 heteroatoms. The quantitative estimate of drug-likeness (QED) is 0.484. The molecule has 2 rings (SSSR count). The Labute approximate surface area is 116 Å². The van der Waals surface area contributed by atoms with Gasteiger partial charge in [-0.25, -0.2) is 4.79 Å². The lowest BCUT2D eigenvalue weighted by molar-refractivity contribution is -0.386. The molecule has 1 aliphatic rings. The highest BCUT2D eigenvalue weighted by atomic mass is 16.6. The largest absolute Gasteiger partial charge is 0.490 e. The summed E-state index contributed by atoms with van der Waals surface area (Å²) in [5, 5.41) is 14.4. The number of nitrogens with zero attached hydrogens (tertiary/aromatic N) is 1. The number of nitro groups is 1. The molecular formula is C13H16N2O5. The predicted octanol–water partition coefficient (Wildman–Crippen LogP) is 1.64. The van der Waals surface area contributed by atoms with Gasteiger partial charge in [0.1, 0.15) is 0 Å². The Kier molecular flexibility index (Phi) is 4.19. The van der Waals surface area contributed by atoms with Crippen molar-refractivity contribution in [3.63, 3.8) is 0 Å². The van der Waals surface area contributed by atoms with E-state index >= 15 is 0 Å². The Balaban J connectivity index is 2.40. The molecule has 108 valence electrons. The highest BCUT2D eigenvalue weighted by Gasteiger charge is 2.26. The van der Waals surface area contributed by atoms with Crippen LogP contribution in [0.15, 0.2) is 12.1 Å². The molecule has 0 unspecified atom stereocenters. The van der Waals surface area contributed by atoms with Crippen molar-refractivity contribution in [2.24, 2.45) is 0 Å². The molecule has 1 saturated carbocycles. The summed E-state index contributed by atoms with van der Waals surface area (Å²) in [5.41, 5.74) is 0.539. The molecular weight excluding hydrogens is 264 g/mol. The second kappa shape index (κ2) is 5.87. The zero-order chi connectivity index (χ0) is 14.7. The molecule has 0 heterocycles. The van der Waals surface area contributed by atoms with Crippen LogP contribution in [0.3, 0.4) is 0 Å². The Morgan fingerprint density at radius 1 is 1.45 bits per heavy atom. The van der Waals surface area contributed by atoms with E-state index in [1.54, 1.807) is 0 Å². The minimum atomic E-state index is -0.550. The van der Waals surface area contributed by atoms with Crippen molar-refractivity contribution < 1.29 is 19.2 Å². The number of ether oxygens (including phenoxy) is 2. The molecule has 0 saturated heterocycles. The highest BCUT2D eigenvalue weighted by Crippen LogP contribution is 2.33. The number of esters is 1. The number of carbonyl (C=O) groups excluding carboxylic acids is 1. The lowest BCUT2D eigenvalue weighted by atomic mass is 10.1. The van der Waals surface area contributed by atoms with Gasteiger partial charge < -0.3 is 14.8 Å². The third kappa shape index (κ3) is 3.05. The molecule has 0 aromatic heterocycles. The monoisotopic (exact) mass is 280 g/mol. The number of nitro benzene ring substituents is 1. The van der Waals surface area contributed by atoms with Crippen LogP contribution in [0.4, 0.5) is 5.69 Å². The van der Waals surface area contributed by atoms with Crippen LogP contribution in [0.5, 0.6) is 5.75 Å². The maximum atomic E-state index is 11.6. The summed E-state index contributed by atoms with van der Waals surface area (Å²) in [7, 11) is 2.60. The smallest absolute Gasteiger partial charge is 0.338 e. The maximum Gasteiger partial charge on any atom is 0.338 e. The van der Waals surface area contributed by atoms with Crippen molar-refractivity contribution >= 4 is 11.7 Å². The first-order chi connectivity index (χ1) is 9.56. The normalized spacial score (nSPS) is 13.9. The van der Waals surface area contributed by atoms with Crippen molar-refractivity contribution in [1.82, 2.24) is 5.32 Å². The van der Waals surface area contributed by atoms with Gasteiger partial charge in [0.2, 0.25) is 0 Å². The maximum absolute atomic E-state index is 11.6. The van der Waals surface area contributed by atoms with Crippen LogP contribution in [-0.4, -0.2) is 31.2 Å². The van der Waals surface area contributed by atoms with E-state index in [4.69, 9.17) is 4.74 Å². The summed E-state index contributed by atoms with van der Waals surface area (Å²) in [6, 6.07) is 3.20. The van der Waals surface area contributed by atoms with E-state index in [2.05, 4.69) is 10.1 Å². The van der Waals surface area contributed by atoms with Crippen LogP contribution >= 0.6 is 0 Å². The molecule has 1 aliphatic carbocycles. The summed E-state index contributed by atoms with van der Waals surface area (Å²) in [6.07, 6.45) is 2.14. The van der Waals surface area contributed by atoms with Crippen LogP contribution in [-0.2, 0) is 11.3 Å². The van der Waals surface area contributed by atoms with Crippen LogP contribution in [0, 0.1) is 10.1 Å². The molecule has 0 bridgehead atoms. The lowest BCUT2D eigenvalue weighted by Gasteiger charge is -2.10. The van der Waals surface area contributed by atoms with E-state index in [0.717, 1.165) is 12.8 Å². The first-order valence-electron chi connectivity index (χ1n) is 6.23. The van der Waals surface area contributed by atoms with Crippen molar-refractivity contribution in [3.8, 4) is 5.75 Å². The summed E-state index contributed by atoms with van der Waals surface area (Å²) >= 11 is 0. The van der Waals surface area contributed by atoms with Crippen LogP contribution < -0.4 is 10.1 Å². The Morgan fingerprint density at radius 2 is 2.15 bits per heavy atom. The predicted molar refractivity (Wildman–Crippen MR) is 70.8 cm³/mol. The minimum Gasteiger partial charge on any atom is -0.490 e. The van der Waals surface area contributed by atoms with Gasteiger partial charge in [0.25, 0.3) is 0 Å². The van der Waals surface area contributed by atoms with Crippen LogP contribution in [0.1, 0.15) is 28.8 Å². The fourth-order valence-corrected chi connectivity index (χ4v) is 1.94. The van der Waals surface area contributed by atoms with Crippen molar-refractivity contribution in [3.05, 3.63) is 33.4 Å². The van der Waals surface area contributed by atoms with E-state index in [9.17, 15) is 14.9 Å². The number of rotatable bonds is 6. The topological polar surface area (TPSA) is 90.7 Å². The van der Waals surface area contributed by atoms with Gasteiger partial charge in [0, 0.05) is 24.2 Å². The van der Waals surface area contributed by atoms with Crippen molar-refractivity contribution in [1.29, 1.82) is 0 Å². The van der Waals surface area contributed by atoms with Gasteiger partial charge in [-0.2, -0.15) is 0 Å². The molecule has 1 N–H and O–H groups in total. The summed E-state index contributed by atoms with van der Waals surface area (Å²) in [4.78, 5) is 22.3. The zero-order valence-corrected chi connectivity index (χ0v) is 11.3. The molecule has 0 radical (unpaired) electrons. The van der Waals surface area contributed by atoms with E-state index in [1.165, 1.54) is 26.4 Å². The molecule has 0 spiro atoms. The van der Waals surface area contributed by atoms with Crippen molar-refractivity contribution in [2.45, 2.75) is 25.4 Å². The van der Waals surface area contributed by atoms with E-state index in [1.807, 2.05) is 0 Å². The van der Waals surface area contributed by atoms with Gasteiger partial charge in [-0.3, -0.25) is 10.1 Å². The fourth-order valence-electron chi connectivity index (χ4n) is 1.94. The number of hydrogen-bond donors (Lipinski definition) is 1. The summed E-state index contributed by atoms with van der Waals surface area (Å²) in [6.45, 7) is 0.322. The second-order valence-corrected chi connectivity index (χ2v) is 4.59. The SMILES string of the molecule is COC(=O)c1cc(CNC2CC2)c([N+](=O)[O-])c(OC)c1. The van der Waals surface area contributed by atoms with E-state index in [0.29, 0.717) is 18.2 Å². The summed E-state index contributed by atoms with van der Waals surface area (Å²) in [5.74, 6) is -0.489. The number of methoxy groups -OCH3 is 2. The van der Waals surface area contributed by atoms with Gasteiger partial charge in [-0.05, 0) is 18.9 Å². The lowest BCUT2D eigenvalue weighted by Crippen LogP contribution is -2.17. The Morgan fingerprint density at radius 3 is 2.65 bits per heavy atom.